The van der Waals surface area contributed by atoms with Crippen LogP contribution in [0.1, 0.15) is 43.2 Å². The van der Waals surface area contributed by atoms with Crippen LogP contribution in [0.3, 0.4) is 0 Å². The number of halogens is 2. The average Bonchev–Trinajstić information content (AvgIpc) is 2.58. The summed E-state index contributed by atoms with van der Waals surface area (Å²) in [5.41, 5.74) is 6.07. The van der Waals surface area contributed by atoms with Crippen molar-refractivity contribution in [1.82, 2.24) is 0 Å². The van der Waals surface area contributed by atoms with Crippen LogP contribution in [0.5, 0.6) is 11.5 Å². The standard InChI is InChI=1S/C14H17F2NO2/c15-13(16)9-7-11-12(19-6-2-5-18-11)8-10(9)14(17)3-1-4-14/h7-8,13H,1-6,17H2. The summed E-state index contributed by atoms with van der Waals surface area (Å²) in [7, 11) is 0. The largest absolute Gasteiger partial charge is 0.490 e. The molecule has 0 aromatic heterocycles. The van der Waals surface area contributed by atoms with Crippen LogP contribution in [0.15, 0.2) is 12.1 Å². The first-order valence-corrected chi connectivity index (χ1v) is 6.61. The number of benzene rings is 1. The summed E-state index contributed by atoms with van der Waals surface area (Å²) >= 11 is 0. The first-order chi connectivity index (χ1) is 9.10. The van der Waals surface area contributed by atoms with Gasteiger partial charge in [-0.05, 0) is 37.0 Å². The van der Waals surface area contributed by atoms with Crippen molar-refractivity contribution in [2.45, 2.75) is 37.6 Å². The molecule has 1 fully saturated rings. The summed E-state index contributed by atoms with van der Waals surface area (Å²) in [6.45, 7) is 1.03. The molecule has 1 heterocycles. The van der Waals surface area contributed by atoms with Crippen molar-refractivity contribution < 1.29 is 18.3 Å². The summed E-state index contributed by atoms with van der Waals surface area (Å²) in [6.07, 6.45) is 0.668. The van der Waals surface area contributed by atoms with Crippen LogP contribution in [0.4, 0.5) is 8.78 Å². The molecule has 0 bridgehead atoms. The number of nitrogens with two attached hydrogens (primary N) is 1. The molecular weight excluding hydrogens is 252 g/mol. The Morgan fingerprint density at radius 2 is 1.68 bits per heavy atom. The van der Waals surface area contributed by atoms with Crippen LogP contribution >= 0.6 is 0 Å². The van der Waals surface area contributed by atoms with Gasteiger partial charge in [0.1, 0.15) is 0 Å². The molecule has 1 aromatic carbocycles. The van der Waals surface area contributed by atoms with E-state index >= 15 is 0 Å². The van der Waals surface area contributed by atoms with Gasteiger partial charge in [-0.2, -0.15) is 0 Å². The van der Waals surface area contributed by atoms with Crippen molar-refractivity contribution >= 4 is 0 Å². The van der Waals surface area contributed by atoms with Gasteiger partial charge in [0.05, 0.1) is 13.2 Å². The average molecular weight is 269 g/mol. The van der Waals surface area contributed by atoms with E-state index < -0.39 is 12.0 Å². The number of ether oxygens (including phenoxy) is 2. The fraction of sp³-hybridized carbons (Fsp3) is 0.571. The van der Waals surface area contributed by atoms with E-state index in [0.29, 0.717) is 30.3 Å². The second kappa shape index (κ2) is 4.63. The van der Waals surface area contributed by atoms with Crippen LogP contribution < -0.4 is 15.2 Å². The quantitative estimate of drug-likeness (QED) is 0.897. The molecule has 5 heteroatoms. The molecule has 2 aliphatic rings. The van der Waals surface area contributed by atoms with Gasteiger partial charge in [-0.1, -0.05) is 0 Å². The van der Waals surface area contributed by atoms with E-state index in [2.05, 4.69) is 0 Å². The van der Waals surface area contributed by atoms with Gasteiger partial charge in [0, 0.05) is 17.5 Å². The highest BCUT2D eigenvalue weighted by atomic mass is 19.3. The zero-order chi connectivity index (χ0) is 13.5. The maximum atomic E-state index is 13.2. The van der Waals surface area contributed by atoms with Gasteiger partial charge in [0.25, 0.3) is 6.43 Å². The maximum absolute atomic E-state index is 13.2. The van der Waals surface area contributed by atoms with E-state index in [-0.39, 0.29) is 5.56 Å². The van der Waals surface area contributed by atoms with Crippen molar-refractivity contribution in [3.8, 4) is 11.5 Å². The summed E-state index contributed by atoms with van der Waals surface area (Å²) in [6, 6.07) is 3.05. The molecule has 0 saturated heterocycles. The Balaban J connectivity index is 2.08. The highest BCUT2D eigenvalue weighted by Gasteiger charge is 2.38. The summed E-state index contributed by atoms with van der Waals surface area (Å²) < 4.78 is 37.5. The Hall–Kier alpha value is -1.36. The molecule has 1 saturated carbocycles. The monoisotopic (exact) mass is 269 g/mol. The molecule has 0 atom stereocenters. The molecule has 3 nitrogen and oxygen atoms in total. The lowest BCUT2D eigenvalue weighted by atomic mass is 9.71. The van der Waals surface area contributed by atoms with Crippen molar-refractivity contribution in [2.24, 2.45) is 5.73 Å². The zero-order valence-electron chi connectivity index (χ0n) is 10.6. The lowest BCUT2D eigenvalue weighted by Gasteiger charge is -2.40. The third-order valence-corrected chi connectivity index (χ3v) is 3.94. The fourth-order valence-corrected chi connectivity index (χ4v) is 2.66. The van der Waals surface area contributed by atoms with E-state index in [1.165, 1.54) is 6.07 Å². The van der Waals surface area contributed by atoms with Gasteiger partial charge in [-0.15, -0.1) is 0 Å². The zero-order valence-corrected chi connectivity index (χ0v) is 10.6. The lowest BCUT2D eigenvalue weighted by molar-refractivity contribution is 0.143. The van der Waals surface area contributed by atoms with Gasteiger partial charge in [0.2, 0.25) is 0 Å². The molecule has 2 N–H and O–H groups in total. The molecule has 0 unspecified atom stereocenters. The fourth-order valence-electron chi connectivity index (χ4n) is 2.66. The Morgan fingerprint density at radius 1 is 1.05 bits per heavy atom. The topological polar surface area (TPSA) is 44.5 Å². The van der Waals surface area contributed by atoms with Crippen molar-refractivity contribution in [3.63, 3.8) is 0 Å². The number of rotatable bonds is 2. The summed E-state index contributed by atoms with van der Waals surface area (Å²) in [5, 5.41) is 0. The predicted octanol–water partition coefficient (Wildman–Crippen LogP) is 3.12. The first kappa shape index (κ1) is 12.7. The van der Waals surface area contributed by atoms with E-state index in [0.717, 1.165) is 25.7 Å². The van der Waals surface area contributed by atoms with Crippen molar-refractivity contribution in [1.29, 1.82) is 0 Å². The van der Waals surface area contributed by atoms with Gasteiger partial charge < -0.3 is 15.2 Å². The first-order valence-electron chi connectivity index (χ1n) is 6.61. The molecule has 3 rings (SSSR count). The van der Waals surface area contributed by atoms with Crippen LogP contribution in [0, 0.1) is 0 Å². The molecule has 0 spiro atoms. The van der Waals surface area contributed by atoms with Crippen LogP contribution in [0.2, 0.25) is 0 Å². The number of alkyl halides is 2. The predicted molar refractivity (Wildman–Crippen MR) is 66.7 cm³/mol. The SMILES string of the molecule is NC1(c2cc3c(cc2C(F)F)OCCCO3)CCC1. The summed E-state index contributed by atoms with van der Waals surface area (Å²) in [5.74, 6) is 0.938. The van der Waals surface area contributed by atoms with Crippen LogP contribution in [-0.2, 0) is 5.54 Å². The van der Waals surface area contributed by atoms with E-state index in [1.54, 1.807) is 6.07 Å². The minimum Gasteiger partial charge on any atom is -0.490 e. The summed E-state index contributed by atoms with van der Waals surface area (Å²) in [4.78, 5) is 0. The molecule has 0 radical (unpaired) electrons. The minimum absolute atomic E-state index is 0.0218. The van der Waals surface area contributed by atoms with Crippen LogP contribution in [0.25, 0.3) is 0 Å². The number of fused-ring (bicyclic) bond motifs is 1. The molecule has 1 aromatic rings. The van der Waals surface area contributed by atoms with Crippen LogP contribution in [-0.4, -0.2) is 13.2 Å². The van der Waals surface area contributed by atoms with Gasteiger partial charge in [-0.25, -0.2) is 8.78 Å². The number of hydrogen-bond acceptors (Lipinski definition) is 3. The maximum Gasteiger partial charge on any atom is 0.264 e. The highest BCUT2D eigenvalue weighted by Crippen LogP contribution is 2.46. The molecule has 1 aliphatic heterocycles. The lowest BCUT2D eigenvalue weighted by Crippen LogP contribution is -2.44. The third kappa shape index (κ3) is 2.16. The molecule has 1 aliphatic carbocycles. The molecule has 19 heavy (non-hydrogen) atoms. The second-order valence-electron chi connectivity index (χ2n) is 5.25. The minimum atomic E-state index is -2.55. The normalized spacial score (nSPS) is 20.8. The van der Waals surface area contributed by atoms with Gasteiger partial charge >= 0.3 is 0 Å². The second-order valence-corrected chi connectivity index (χ2v) is 5.25. The molecule has 0 amide bonds. The van der Waals surface area contributed by atoms with E-state index in [1.807, 2.05) is 0 Å². The Kier molecular flexibility index (Phi) is 3.09. The Bertz CT molecular complexity index is 487. The Labute approximate surface area is 110 Å². The van der Waals surface area contributed by atoms with Gasteiger partial charge in [0.15, 0.2) is 11.5 Å². The van der Waals surface area contributed by atoms with E-state index in [4.69, 9.17) is 15.2 Å². The third-order valence-electron chi connectivity index (χ3n) is 3.94. The van der Waals surface area contributed by atoms with Crippen molar-refractivity contribution in [2.75, 3.05) is 13.2 Å². The molecular formula is C14H17F2NO2. The van der Waals surface area contributed by atoms with Gasteiger partial charge in [-0.3, -0.25) is 0 Å². The highest BCUT2D eigenvalue weighted by molar-refractivity contribution is 5.51. The van der Waals surface area contributed by atoms with Crippen molar-refractivity contribution in [3.05, 3.63) is 23.3 Å². The Morgan fingerprint density at radius 3 is 2.21 bits per heavy atom. The number of hydrogen-bond donors (Lipinski definition) is 1. The smallest absolute Gasteiger partial charge is 0.264 e. The van der Waals surface area contributed by atoms with E-state index in [9.17, 15) is 8.78 Å². The molecule has 104 valence electrons.